The van der Waals surface area contributed by atoms with Crippen LogP contribution in [0.4, 0.5) is 0 Å². The first-order valence-corrected chi connectivity index (χ1v) is 11.1. The highest BCUT2D eigenvalue weighted by atomic mass is 16.2. The molecule has 0 bridgehead atoms. The molecule has 0 saturated heterocycles. The number of amides is 1. The SMILES string of the molecule is CCCN(C)C(=O)c1cncc(CCC(C(C)=O)(C2=CCCC=C2)c2ccccc2)c1. The molecule has 1 unspecified atom stereocenters. The minimum absolute atomic E-state index is 0.0185. The first-order chi connectivity index (χ1) is 15.0. The Morgan fingerprint density at radius 2 is 1.90 bits per heavy atom. The van der Waals surface area contributed by atoms with E-state index in [2.05, 4.69) is 30.1 Å². The Labute approximate surface area is 185 Å². The van der Waals surface area contributed by atoms with E-state index in [1.807, 2.05) is 43.4 Å². The maximum absolute atomic E-state index is 13.2. The van der Waals surface area contributed by atoms with E-state index >= 15 is 0 Å². The van der Waals surface area contributed by atoms with Crippen LogP contribution in [0.2, 0.25) is 0 Å². The number of hydrogen-bond donors (Lipinski definition) is 0. The second kappa shape index (κ2) is 10.3. The van der Waals surface area contributed by atoms with Crippen LogP contribution in [0.25, 0.3) is 0 Å². The molecule has 1 aliphatic rings. The molecular formula is C27H32N2O2. The number of carbonyl (C=O) groups excluding carboxylic acids is 2. The third-order valence-electron chi connectivity index (χ3n) is 6.09. The van der Waals surface area contributed by atoms with E-state index < -0.39 is 5.41 Å². The van der Waals surface area contributed by atoms with E-state index in [-0.39, 0.29) is 11.7 Å². The van der Waals surface area contributed by atoms with Gasteiger partial charge in [0.1, 0.15) is 5.78 Å². The Hall–Kier alpha value is -3.01. The molecule has 1 aromatic carbocycles. The van der Waals surface area contributed by atoms with E-state index in [0.717, 1.165) is 36.0 Å². The number of ketones is 1. The summed E-state index contributed by atoms with van der Waals surface area (Å²) in [7, 11) is 1.82. The van der Waals surface area contributed by atoms with Crippen molar-refractivity contribution in [1.29, 1.82) is 0 Å². The summed E-state index contributed by atoms with van der Waals surface area (Å²) >= 11 is 0. The van der Waals surface area contributed by atoms with Crippen molar-refractivity contribution in [2.45, 2.75) is 51.4 Å². The predicted molar refractivity (Wildman–Crippen MR) is 125 cm³/mol. The minimum atomic E-state index is -0.697. The molecule has 0 N–H and O–H groups in total. The predicted octanol–water partition coefficient (Wildman–Crippen LogP) is 5.30. The van der Waals surface area contributed by atoms with Gasteiger partial charge in [0.2, 0.25) is 0 Å². The first-order valence-electron chi connectivity index (χ1n) is 11.1. The van der Waals surface area contributed by atoms with Crippen molar-refractivity contribution in [3.8, 4) is 0 Å². The lowest BCUT2D eigenvalue weighted by atomic mass is 9.67. The van der Waals surface area contributed by atoms with Gasteiger partial charge in [-0.25, -0.2) is 0 Å². The van der Waals surface area contributed by atoms with Crippen LogP contribution < -0.4 is 0 Å². The molecule has 0 spiro atoms. The van der Waals surface area contributed by atoms with Gasteiger partial charge in [-0.1, -0.05) is 55.5 Å². The number of aromatic nitrogens is 1. The zero-order valence-corrected chi connectivity index (χ0v) is 18.8. The number of carbonyl (C=O) groups is 2. The summed E-state index contributed by atoms with van der Waals surface area (Å²) in [5.74, 6) is 0.120. The lowest BCUT2D eigenvalue weighted by Gasteiger charge is -2.35. The molecule has 162 valence electrons. The van der Waals surface area contributed by atoms with Crippen LogP contribution in [0, 0.1) is 0 Å². The van der Waals surface area contributed by atoms with Crippen LogP contribution in [0.3, 0.4) is 0 Å². The largest absolute Gasteiger partial charge is 0.342 e. The normalized spacial score (nSPS) is 15.1. The second-order valence-corrected chi connectivity index (χ2v) is 8.28. The Morgan fingerprint density at radius 3 is 2.55 bits per heavy atom. The monoisotopic (exact) mass is 416 g/mol. The zero-order valence-electron chi connectivity index (χ0n) is 18.8. The summed E-state index contributed by atoms with van der Waals surface area (Å²) < 4.78 is 0. The fourth-order valence-corrected chi connectivity index (χ4v) is 4.42. The molecule has 0 radical (unpaired) electrons. The molecule has 4 nitrogen and oxygen atoms in total. The zero-order chi connectivity index (χ0) is 22.3. The Bertz CT molecular complexity index is 978. The van der Waals surface area contributed by atoms with Gasteiger partial charge in [0.15, 0.2) is 0 Å². The quantitative estimate of drug-likeness (QED) is 0.557. The smallest absolute Gasteiger partial charge is 0.255 e. The molecule has 0 aliphatic heterocycles. The molecule has 0 fully saturated rings. The molecule has 3 rings (SSSR count). The summed E-state index contributed by atoms with van der Waals surface area (Å²) in [6.07, 6.45) is 14.0. The highest BCUT2D eigenvalue weighted by Gasteiger charge is 2.39. The molecule has 1 atom stereocenters. The average molecular weight is 417 g/mol. The van der Waals surface area contributed by atoms with Crippen molar-refractivity contribution in [3.05, 3.63) is 89.3 Å². The van der Waals surface area contributed by atoms with Gasteiger partial charge in [0.05, 0.1) is 11.0 Å². The van der Waals surface area contributed by atoms with Crippen molar-refractivity contribution >= 4 is 11.7 Å². The van der Waals surface area contributed by atoms with E-state index in [4.69, 9.17) is 0 Å². The van der Waals surface area contributed by atoms with E-state index in [0.29, 0.717) is 24.9 Å². The van der Waals surface area contributed by atoms with Crippen molar-refractivity contribution in [1.82, 2.24) is 9.88 Å². The summed E-state index contributed by atoms with van der Waals surface area (Å²) in [4.78, 5) is 31.9. The highest BCUT2D eigenvalue weighted by Crippen LogP contribution is 2.40. The van der Waals surface area contributed by atoms with Gasteiger partial charge in [0, 0.05) is 26.0 Å². The Morgan fingerprint density at radius 1 is 1.13 bits per heavy atom. The summed E-state index contributed by atoms with van der Waals surface area (Å²) in [6.45, 7) is 4.46. The number of allylic oxidation sites excluding steroid dienone is 4. The van der Waals surface area contributed by atoms with Crippen LogP contribution in [0.15, 0.2) is 72.6 Å². The van der Waals surface area contributed by atoms with Crippen LogP contribution in [0.5, 0.6) is 0 Å². The Balaban J connectivity index is 1.92. The highest BCUT2D eigenvalue weighted by molar-refractivity contribution is 5.94. The molecule has 1 aliphatic carbocycles. The number of hydrogen-bond acceptors (Lipinski definition) is 3. The van der Waals surface area contributed by atoms with Crippen molar-refractivity contribution < 1.29 is 9.59 Å². The molecule has 1 heterocycles. The summed E-state index contributed by atoms with van der Waals surface area (Å²) in [5.41, 5.74) is 2.96. The van der Waals surface area contributed by atoms with E-state index in [1.165, 1.54) is 0 Å². The molecule has 4 heteroatoms. The van der Waals surface area contributed by atoms with Crippen LogP contribution in [-0.4, -0.2) is 35.2 Å². The third-order valence-corrected chi connectivity index (χ3v) is 6.09. The van der Waals surface area contributed by atoms with Crippen LogP contribution >= 0.6 is 0 Å². The van der Waals surface area contributed by atoms with Crippen molar-refractivity contribution in [3.63, 3.8) is 0 Å². The van der Waals surface area contributed by atoms with Gasteiger partial charge in [-0.3, -0.25) is 14.6 Å². The third kappa shape index (κ3) is 5.01. The van der Waals surface area contributed by atoms with E-state index in [9.17, 15) is 9.59 Å². The minimum Gasteiger partial charge on any atom is -0.342 e. The Kier molecular flexibility index (Phi) is 7.56. The number of nitrogens with zero attached hydrogens (tertiary/aromatic N) is 2. The molecule has 2 aromatic rings. The number of Topliss-reactive ketones (excluding diaryl/α,β-unsaturated/α-hetero) is 1. The van der Waals surface area contributed by atoms with Crippen molar-refractivity contribution in [2.24, 2.45) is 0 Å². The van der Waals surface area contributed by atoms with E-state index in [1.54, 1.807) is 24.2 Å². The lowest BCUT2D eigenvalue weighted by Crippen LogP contribution is -2.37. The van der Waals surface area contributed by atoms with Gasteiger partial charge < -0.3 is 4.90 Å². The maximum atomic E-state index is 13.2. The fourth-order valence-electron chi connectivity index (χ4n) is 4.42. The first kappa shape index (κ1) is 22.7. The van der Waals surface area contributed by atoms with Crippen molar-refractivity contribution in [2.75, 3.05) is 13.6 Å². The molecule has 1 aromatic heterocycles. The van der Waals surface area contributed by atoms with Crippen LogP contribution in [-0.2, 0) is 16.6 Å². The van der Waals surface area contributed by atoms with Gasteiger partial charge in [-0.15, -0.1) is 0 Å². The maximum Gasteiger partial charge on any atom is 0.255 e. The summed E-state index contributed by atoms with van der Waals surface area (Å²) in [5, 5.41) is 0. The molecule has 0 saturated carbocycles. The standard InChI is InChI=1S/C27H32N2O2/c1-4-17-29(3)26(31)23-18-22(19-28-20-23)15-16-27(21(2)30,24-11-7-5-8-12-24)25-13-9-6-10-14-25/h5,7-9,11-14,18-20H,4,6,10,15-17H2,1-3H3. The van der Waals surface area contributed by atoms with Gasteiger partial charge >= 0.3 is 0 Å². The molecule has 1 amide bonds. The fraction of sp³-hybridized carbons (Fsp3) is 0.370. The number of benzene rings is 1. The second-order valence-electron chi connectivity index (χ2n) is 8.28. The molecular weight excluding hydrogens is 384 g/mol. The summed E-state index contributed by atoms with van der Waals surface area (Å²) in [6, 6.07) is 12.0. The topological polar surface area (TPSA) is 50.3 Å². The molecule has 31 heavy (non-hydrogen) atoms. The number of pyridine rings is 1. The van der Waals surface area contributed by atoms with Gasteiger partial charge in [-0.2, -0.15) is 0 Å². The lowest BCUT2D eigenvalue weighted by molar-refractivity contribution is -0.121. The van der Waals surface area contributed by atoms with Gasteiger partial charge in [-0.05, 0) is 61.8 Å². The van der Waals surface area contributed by atoms with Gasteiger partial charge in [0.25, 0.3) is 5.91 Å². The average Bonchev–Trinajstić information content (AvgIpc) is 2.80. The number of aryl methyl sites for hydroxylation is 1. The van der Waals surface area contributed by atoms with Crippen LogP contribution in [0.1, 0.15) is 61.0 Å². The number of rotatable bonds is 9.